The summed E-state index contributed by atoms with van der Waals surface area (Å²) in [5.74, 6) is -1.16. The molecule has 0 aromatic rings. The van der Waals surface area contributed by atoms with Crippen molar-refractivity contribution in [3.63, 3.8) is 0 Å². The Hall–Kier alpha value is -2.54. The molecule has 2 saturated heterocycles. The number of carbonyl (C=O) groups is 4. The van der Waals surface area contributed by atoms with E-state index in [-0.39, 0.29) is 45.8 Å². The van der Waals surface area contributed by atoms with Crippen LogP contribution in [-0.4, -0.2) is 79.9 Å². The first kappa shape index (κ1) is 43.5. The maximum Gasteiger partial charge on any atom is 0.303 e. The minimum Gasteiger partial charge on any atom is -0.463 e. The highest BCUT2D eigenvalue weighted by Gasteiger charge is 2.71. The van der Waals surface area contributed by atoms with E-state index in [1.807, 2.05) is 0 Å². The minimum absolute atomic E-state index is 0.0420. The van der Waals surface area contributed by atoms with Crippen LogP contribution in [0.15, 0.2) is 12.2 Å². The third kappa shape index (κ3) is 7.05. The molecule has 0 aromatic carbocycles. The molecule has 5 saturated carbocycles. The van der Waals surface area contributed by atoms with Crippen LogP contribution in [0.5, 0.6) is 0 Å². The van der Waals surface area contributed by atoms with Crippen molar-refractivity contribution in [2.75, 3.05) is 13.2 Å². The number of carbonyl (C=O) groups excluding carboxylic acids is 4. The van der Waals surface area contributed by atoms with E-state index in [9.17, 15) is 19.2 Å². The van der Waals surface area contributed by atoms with Crippen molar-refractivity contribution in [3.05, 3.63) is 12.2 Å². The summed E-state index contributed by atoms with van der Waals surface area (Å²) in [5, 5.41) is 0. The molecule has 7 fully saturated rings. The topological polar surface area (TPSA) is 142 Å². The fourth-order valence-electron chi connectivity index (χ4n) is 14.8. The molecule has 0 bridgehead atoms. The van der Waals surface area contributed by atoms with Crippen molar-refractivity contribution in [3.8, 4) is 0 Å². The van der Waals surface area contributed by atoms with Gasteiger partial charge in [-0.2, -0.15) is 0 Å². The van der Waals surface area contributed by atoms with Gasteiger partial charge in [-0.25, -0.2) is 0 Å². The van der Waals surface area contributed by atoms with Gasteiger partial charge in [0, 0.05) is 40.0 Å². The lowest BCUT2D eigenvalue weighted by molar-refractivity contribution is -0.356. The molecule has 7 aliphatic rings. The van der Waals surface area contributed by atoms with Crippen LogP contribution >= 0.6 is 0 Å². The lowest BCUT2D eigenvalue weighted by atomic mass is 9.32. The molecular weight excluding hydrogens is 744 g/mol. The highest BCUT2D eigenvalue weighted by atomic mass is 16.9. The largest absolute Gasteiger partial charge is 0.463 e. The van der Waals surface area contributed by atoms with Gasteiger partial charge in [-0.3, -0.25) is 23.9 Å². The molecule has 12 nitrogen and oxygen atoms in total. The molecule has 0 amide bonds. The molecule has 0 N–H and O–H groups in total. The summed E-state index contributed by atoms with van der Waals surface area (Å²) in [6.07, 6.45) is 5.65. The van der Waals surface area contributed by atoms with Crippen LogP contribution in [0.2, 0.25) is 0 Å². The fraction of sp³-hybridized carbons (Fsp3) is 0.870. The third-order valence-corrected chi connectivity index (χ3v) is 17.4. The smallest absolute Gasteiger partial charge is 0.303 e. The molecule has 5 aliphatic carbocycles. The van der Waals surface area contributed by atoms with Crippen LogP contribution in [-0.2, 0) is 57.1 Å². The van der Waals surface area contributed by atoms with E-state index in [1.54, 1.807) is 13.8 Å². The van der Waals surface area contributed by atoms with E-state index in [1.165, 1.54) is 39.2 Å². The van der Waals surface area contributed by atoms with Crippen molar-refractivity contribution < 1.29 is 57.1 Å². The van der Waals surface area contributed by atoms with Gasteiger partial charge in [0.25, 0.3) is 5.97 Å². The van der Waals surface area contributed by atoms with Crippen molar-refractivity contribution in [1.29, 1.82) is 0 Å². The average molecular weight is 815 g/mol. The molecule has 326 valence electrons. The van der Waals surface area contributed by atoms with Gasteiger partial charge in [0.1, 0.15) is 18.8 Å². The van der Waals surface area contributed by atoms with Crippen LogP contribution < -0.4 is 0 Å². The summed E-state index contributed by atoms with van der Waals surface area (Å²) >= 11 is 0. The minimum atomic E-state index is -1.56. The number of rotatable bonds is 9. The first-order chi connectivity index (χ1) is 27.0. The Bertz CT molecular complexity index is 1660. The number of allylic oxidation sites excluding steroid dienone is 1. The number of fused-ring (bicyclic) bond motifs is 8. The van der Waals surface area contributed by atoms with Crippen molar-refractivity contribution >= 4 is 23.9 Å². The second-order valence-electron chi connectivity index (χ2n) is 20.9. The van der Waals surface area contributed by atoms with Gasteiger partial charge in [-0.1, -0.05) is 46.8 Å². The SMILES string of the molecule is C=C(C)[C@@H]1CC[C@]2(COC3(C)O[C@H]4O[C@H](COC(C)=O)[C@H](OC(C)=O)[C@H](OC(C)=O)[C@H]4O3)CC[C@]3(C)[C@H](CC[C@@H]4[C@@]5(C)CC[C@H](OC(C)=O)C(C)(C)[C@@H]5CC[C@]43C)[C@@H]12. The molecule has 0 aromatic heterocycles. The zero-order valence-corrected chi connectivity index (χ0v) is 36.9. The van der Waals surface area contributed by atoms with Crippen LogP contribution in [0.25, 0.3) is 0 Å². The Morgan fingerprint density at radius 1 is 0.672 bits per heavy atom. The Balaban J connectivity index is 1.13. The van der Waals surface area contributed by atoms with E-state index >= 15 is 0 Å². The van der Waals surface area contributed by atoms with E-state index < -0.39 is 54.6 Å². The molecule has 0 radical (unpaired) electrons. The Morgan fingerprint density at radius 2 is 1.34 bits per heavy atom. The number of esters is 4. The van der Waals surface area contributed by atoms with Crippen LogP contribution in [0.3, 0.4) is 0 Å². The lowest BCUT2D eigenvalue weighted by Crippen LogP contribution is -2.67. The first-order valence-corrected chi connectivity index (χ1v) is 22.0. The standard InChI is InChI=1S/C46H70O12/c1-25(2)30-15-20-46(24-52-45(12)57-39-38(55-29(6)50)37(54-28(5)49)32(23-51-26(3)47)56-40(39)58-45)22-21-43(10)31(36(30)46)13-14-34-42(9)18-17-35(53-27(4)48)41(7,8)33(42)16-19-44(34,43)11/h30-40H,1,13-24H2,2-12H3/t30-,31+,32+,33-,34+,35-,36+,37-,38-,39+,40+,42-,43+,44+,45?,46+/m0/s1. The van der Waals surface area contributed by atoms with Crippen molar-refractivity contribution in [1.82, 2.24) is 0 Å². The fourth-order valence-corrected chi connectivity index (χ4v) is 14.8. The predicted molar refractivity (Wildman–Crippen MR) is 211 cm³/mol. The van der Waals surface area contributed by atoms with Gasteiger partial charge in [0.2, 0.25) is 0 Å². The van der Waals surface area contributed by atoms with E-state index in [0.29, 0.717) is 36.2 Å². The second-order valence-corrected chi connectivity index (χ2v) is 20.9. The molecule has 12 heteroatoms. The third-order valence-electron chi connectivity index (χ3n) is 17.4. The maximum atomic E-state index is 12.4. The van der Waals surface area contributed by atoms with Gasteiger partial charge in [0.15, 0.2) is 24.6 Å². The Labute approximate surface area is 345 Å². The van der Waals surface area contributed by atoms with Gasteiger partial charge in [-0.05, 0) is 122 Å². The summed E-state index contributed by atoms with van der Waals surface area (Å²) in [6.45, 7) is 26.5. The molecular formula is C46H70O12. The monoisotopic (exact) mass is 814 g/mol. The average Bonchev–Trinajstić information content (AvgIpc) is 3.67. The lowest BCUT2D eigenvalue weighted by Gasteiger charge is -2.73. The quantitative estimate of drug-likeness (QED) is 0.127. The van der Waals surface area contributed by atoms with Gasteiger partial charge in [-0.15, -0.1) is 0 Å². The summed E-state index contributed by atoms with van der Waals surface area (Å²) in [7, 11) is 0. The molecule has 0 spiro atoms. The zero-order valence-electron chi connectivity index (χ0n) is 36.9. The van der Waals surface area contributed by atoms with Gasteiger partial charge < -0.3 is 33.2 Å². The van der Waals surface area contributed by atoms with Gasteiger partial charge in [0.05, 0.1) is 6.61 Å². The summed E-state index contributed by atoms with van der Waals surface area (Å²) in [4.78, 5) is 48.5. The van der Waals surface area contributed by atoms with E-state index in [2.05, 4.69) is 48.1 Å². The highest BCUT2D eigenvalue weighted by molar-refractivity contribution is 5.68. The van der Waals surface area contributed by atoms with Crippen molar-refractivity contribution in [2.24, 2.45) is 56.7 Å². The van der Waals surface area contributed by atoms with E-state index in [4.69, 9.17) is 37.9 Å². The van der Waals surface area contributed by atoms with Crippen LogP contribution in [0, 0.1) is 56.7 Å². The van der Waals surface area contributed by atoms with Crippen LogP contribution in [0.1, 0.15) is 140 Å². The summed E-state index contributed by atoms with van der Waals surface area (Å²) in [6, 6.07) is 0. The number of ether oxygens (including phenoxy) is 8. The highest BCUT2D eigenvalue weighted by Crippen LogP contribution is 2.77. The summed E-state index contributed by atoms with van der Waals surface area (Å²) in [5.41, 5.74) is 1.48. The number of hydrogen-bond donors (Lipinski definition) is 0. The molecule has 2 aliphatic heterocycles. The van der Waals surface area contributed by atoms with Crippen LogP contribution in [0.4, 0.5) is 0 Å². The molecule has 58 heavy (non-hydrogen) atoms. The predicted octanol–water partition coefficient (Wildman–Crippen LogP) is 7.83. The molecule has 1 unspecified atom stereocenters. The molecule has 7 rings (SSSR count). The first-order valence-electron chi connectivity index (χ1n) is 22.0. The van der Waals surface area contributed by atoms with E-state index in [0.717, 1.165) is 51.4 Å². The van der Waals surface area contributed by atoms with Crippen molar-refractivity contribution in [2.45, 2.75) is 183 Å². The Kier molecular flexibility index (Phi) is 11.4. The zero-order chi connectivity index (χ0) is 42.4. The Morgan fingerprint density at radius 3 is 1.98 bits per heavy atom. The molecule has 16 atom stereocenters. The molecule has 2 heterocycles. The number of hydrogen-bond acceptors (Lipinski definition) is 12. The second kappa shape index (κ2) is 15.1. The summed E-state index contributed by atoms with van der Waals surface area (Å²) < 4.78 is 48.5. The van der Waals surface area contributed by atoms with Gasteiger partial charge >= 0.3 is 23.9 Å². The normalized spacial score (nSPS) is 47.5. The maximum absolute atomic E-state index is 12.4.